The van der Waals surface area contributed by atoms with Crippen LogP contribution in [0.1, 0.15) is 24.6 Å². The van der Waals surface area contributed by atoms with E-state index >= 15 is 0 Å². The van der Waals surface area contributed by atoms with Crippen molar-refractivity contribution in [3.05, 3.63) is 11.1 Å². The number of piperidine rings is 1. The normalized spacial score (nSPS) is 18.4. The van der Waals surface area contributed by atoms with Gasteiger partial charge in [0.1, 0.15) is 0 Å². The maximum Gasteiger partial charge on any atom is 0.185 e. The lowest BCUT2D eigenvalue weighted by Crippen LogP contribution is -2.32. The third kappa shape index (κ3) is 2.69. The molecule has 88 valence electrons. The van der Waals surface area contributed by atoms with Gasteiger partial charge < -0.3 is 10.7 Å². The Labute approximate surface area is 99.4 Å². The summed E-state index contributed by atoms with van der Waals surface area (Å²) in [4.78, 5) is 7.89. The molecule has 6 heteroatoms. The molecule has 1 aromatic heterocycles. The van der Waals surface area contributed by atoms with Crippen molar-refractivity contribution >= 4 is 16.5 Å². The van der Waals surface area contributed by atoms with Gasteiger partial charge in [-0.15, -0.1) is 0 Å². The predicted octanol–water partition coefficient (Wildman–Crippen LogP) is 2.21. The molecule has 1 saturated heterocycles. The monoisotopic (exact) mass is 239 g/mol. The van der Waals surface area contributed by atoms with Crippen LogP contribution in [0.4, 0.5) is 5.13 Å². The van der Waals surface area contributed by atoms with Gasteiger partial charge in [0.2, 0.25) is 0 Å². The second-order valence-corrected chi connectivity index (χ2v) is 5.29. The Morgan fingerprint density at radius 1 is 1.56 bits per heavy atom. The molecule has 0 unspecified atom stereocenters. The van der Waals surface area contributed by atoms with Crippen LogP contribution in [0.2, 0.25) is 0 Å². The number of nitrogens with two attached hydrogens (primary N) is 1. The summed E-state index contributed by atoms with van der Waals surface area (Å²) in [5.74, 6) is 5.82. The minimum absolute atomic E-state index is 0.540. The number of hydrogen-bond acceptors (Lipinski definition) is 5. The van der Waals surface area contributed by atoms with E-state index in [4.69, 9.17) is 5.84 Å². The van der Waals surface area contributed by atoms with E-state index in [9.17, 15) is 0 Å². The minimum atomic E-state index is 0.540. The van der Waals surface area contributed by atoms with Crippen molar-refractivity contribution in [1.82, 2.24) is 4.98 Å². The Balaban J connectivity index is 1.96. The van der Waals surface area contributed by atoms with Crippen LogP contribution in [-0.4, -0.2) is 18.1 Å². The molecule has 5 nitrogen and oxygen atoms in total. The molecule has 0 radical (unpaired) electrons. The zero-order valence-corrected chi connectivity index (χ0v) is 10.3. The first-order chi connectivity index (χ1) is 7.79. The van der Waals surface area contributed by atoms with Gasteiger partial charge in [-0.3, -0.25) is 0 Å². The van der Waals surface area contributed by atoms with Crippen molar-refractivity contribution in [2.75, 3.05) is 18.0 Å². The predicted molar refractivity (Wildman–Crippen MR) is 65.5 cm³/mol. The maximum atomic E-state index is 4.97. The van der Waals surface area contributed by atoms with Crippen LogP contribution in [0.25, 0.3) is 0 Å². The molecule has 0 aliphatic carbocycles. The second kappa shape index (κ2) is 5.25. The Morgan fingerprint density at radius 3 is 3.00 bits per heavy atom. The molecule has 1 aliphatic rings. The fourth-order valence-electron chi connectivity index (χ4n) is 1.83. The summed E-state index contributed by atoms with van der Waals surface area (Å²) < 4.78 is 0. The standard InChI is InChI=1S/C10H17N5S/c1-8-2-4-15(5-3-8)10-12-6-9(16-10)7-13-14-11/h6,8H,2-5,7H2,1H3,(H2,11,13). The number of thiazole rings is 1. The Hall–Kier alpha value is -1.17. The first kappa shape index (κ1) is 11.3. The summed E-state index contributed by atoms with van der Waals surface area (Å²) in [6, 6.07) is 0. The second-order valence-electron chi connectivity index (χ2n) is 4.19. The summed E-state index contributed by atoms with van der Waals surface area (Å²) in [5, 5.41) is 8.13. The van der Waals surface area contributed by atoms with Crippen molar-refractivity contribution < 1.29 is 0 Å². The van der Waals surface area contributed by atoms with Gasteiger partial charge in [0.25, 0.3) is 0 Å². The molecule has 16 heavy (non-hydrogen) atoms. The van der Waals surface area contributed by atoms with Gasteiger partial charge in [-0.2, -0.15) is 5.11 Å². The van der Waals surface area contributed by atoms with E-state index in [-0.39, 0.29) is 0 Å². The molecule has 2 N–H and O–H groups in total. The molecule has 0 saturated carbocycles. The summed E-state index contributed by atoms with van der Waals surface area (Å²) in [6.45, 7) is 5.09. The lowest BCUT2D eigenvalue weighted by Gasteiger charge is -2.29. The van der Waals surface area contributed by atoms with Gasteiger partial charge in [-0.1, -0.05) is 23.5 Å². The summed E-state index contributed by atoms with van der Waals surface area (Å²) >= 11 is 1.69. The lowest BCUT2D eigenvalue weighted by molar-refractivity contribution is 0.438. The third-order valence-corrected chi connectivity index (χ3v) is 3.95. The molecule has 0 amide bonds. The topological polar surface area (TPSA) is 66.9 Å². The highest BCUT2D eigenvalue weighted by Gasteiger charge is 2.18. The molecule has 2 rings (SSSR count). The molecule has 0 aromatic carbocycles. The average Bonchev–Trinajstić information content (AvgIpc) is 2.76. The van der Waals surface area contributed by atoms with E-state index in [1.807, 2.05) is 6.20 Å². The molecule has 1 aliphatic heterocycles. The maximum absolute atomic E-state index is 4.97. The quantitative estimate of drug-likeness (QED) is 0.499. The van der Waals surface area contributed by atoms with Crippen LogP contribution in [-0.2, 0) is 6.54 Å². The lowest BCUT2D eigenvalue weighted by atomic mass is 10.00. The fourth-order valence-corrected chi connectivity index (χ4v) is 2.71. The number of nitrogens with zero attached hydrogens (tertiary/aromatic N) is 4. The molecule has 0 spiro atoms. The van der Waals surface area contributed by atoms with Crippen molar-refractivity contribution in [2.45, 2.75) is 26.3 Å². The van der Waals surface area contributed by atoms with Gasteiger partial charge >= 0.3 is 0 Å². The molecule has 2 heterocycles. The number of hydrogen-bond donors (Lipinski definition) is 1. The van der Waals surface area contributed by atoms with E-state index in [1.165, 1.54) is 12.8 Å². The number of anilines is 1. The summed E-state index contributed by atoms with van der Waals surface area (Å²) in [5.41, 5.74) is 0. The van der Waals surface area contributed by atoms with Crippen LogP contribution in [0.5, 0.6) is 0 Å². The van der Waals surface area contributed by atoms with E-state index in [1.54, 1.807) is 11.3 Å². The molecular formula is C10H17N5S. The Kier molecular flexibility index (Phi) is 3.71. The number of aromatic nitrogens is 1. The molecule has 0 atom stereocenters. The van der Waals surface area contributed by atoms with Crippen LogP contribution in [0.3, 0.4) is 0 Å². The van der Waals surface area contributed by atoms with Crippen molar-refractivity contribution in [2.24, 2.45) is 22.1 Å². The van der Waals surface area contributed by atoms with Gasteiger partial charge in [-0.05, 0) is 18.8 Å². The zero-order chi connectivity index (χ0) is 11.4. The zero-order valence-electron chi connectivity index (χ0n) is 9.46. The molecule has 1 aromatic rings. The van der Waals surface area contributed by atoms with E-state index < -0.39 is 0 Å². The first-order valence-corrected chi connectivity index (χ1v) is 6.37. The van der Waals surface area contributed by atoms with Crippen LogP contribution in [0.15, 0.2) is 16.5 Å². The number of rotatable bonds is 3. The van der Waals surface area contributed by atoms with Crippen molar-refractivity contribution in [1.29, 1.82) is 0 Å². The van der Waals surface area contributed by atoms with Crippen molar-refractivity contribution in [3.63, 3.8) is 0 Å². The molecular weight excluding hydrogens is 222 g/mol. The smallest absolute Gasteiger partial charge is 0.185 e. The summed E-state index contributed by atoms with van der Waals surface area (Å²) in [6.07, 6.45) is 4.39. The summed E-state index contributed by atoms with van der Waals surface area (Å²) in [7, 11) is 0. The van der Waals surface area contributed by atoms with Crippen molar-refractivity contribution in [3.8, 4) is 0 Å². The van der Waals surface area contributed by atoms with Crippen LogP contribution < -0.4 is 10.7 Å². The van der Waals surface area contributed by atoms with Gasteiger partial charge in [0.05, 0.1) is 6.54 Å². The van der Waals surface area contributed by atoms with Gasteiger partial charge in [0, 0.05) is 24.2 Å². The van der Waals surface area contributed by atoms with Gasteiger partial charge in [0.15, 0.2) is 5.13 Å². The molecule has 0 bridgehead atoms. The Morgan fingerprint density at radius 2 is 2.31 bits per heavy atom. The third-order valence-electron chi connectivity index (χ3n) is 2.90. The van der Waals surface area contributed by atoms with Gasteiger partial charge in [-0.25, -0.2) is 4.98 Å². The molecule has 1 fully saturated rings. The fraction of sp³-hybridized carbons (Fsp3) is 0.700. The highest BCUT2D eigenvalue weighted by molar-refractivity contribution is 7.15. The highest BCUT2D eigenvalue weighted by atomic mass is 32.1. The minimum Gasteiger partial charge on any atom is -0.348 e. The first-order valence-electron chi connectivity index (χ1n) is 5.56. The van der Waals surface area contributed by atoms with Crippen LogP contribution >= 0.6 is 11.3 Å². The van der Waals surface area contributed by atoms with E-state index in [0.717, 1.165) is 29.0 Å². The highest BCUT2D eigenvalue weighted by Crippen LogP contribution is 2.27. The SMILES string of the molecule is CC1CCN(c2ncc(CN=NN)s2)CC1. The van der Waals surface area contributed by atoms with E-state index in [0.29, 0.717) is 6.54 Å². The average molecular weight is 239 g/mol. The largest absolute Gasteiger partial charge is 0.348 e. The van der Waals surface area contributed by atoms with Crippen LogP contribution in [0, 0.1) is 5.92 Å². The Bertz CT molecular complexity index is 354. The van der Waals surface area contributed by atoms with E-state index in [2.05, 4.69) is 27.1 Å².